The number of likely N-dealkylation sites (N-methyl/N-ethyl adjacent to an activating group) is 1. The number of amides is 1. The summed E-state index contributed by atoms with van der Waals surface area (Å²) in [5.74, 6) is -1.37. The van der Waals surface area contributed by atoms with Crippen molar-refractivity contribution in [2.24, 2.45) is 0 Å². The number of carbonyl (C=O) groups excluding carboxylic acids is 1. The van der Waals surface area contributed by atoms with E-state index in [9.17, 15) is 13.6 Å². The van der Waals surface area contributed by atoms with E-state index in [1.165, 1.54) is 17.0 Å². The van der Waals surface area contributed by atoms with Crippen molar-refractivity contribution in [2.45, 2.75) is 19.1 Å². The van der Waals surface area contributed by atoms with E-state index in [2.05, 4.69) is 5.32 Å². The van der Waals surface area contributed by atoms with Gasteiger partial charge in [-0.15, -0.1) is 0 Å². The second kappa shape index (κ2) is 3.83. The van der Waals surface area contributed by atoms with Crippen molar-refractivity contribution in [3.8, 4) is 0 Å². The smallest absolute Gasteiger partial charge is 0.240 e. The monoisotopic (exact) mass is 226 g/mol. The van der Waals surface area contributed by atoms with Crippen LogP contribution in [-0.2, 0) is 4.79 Å². The average Bonchev–Trinajstić information content (AvgIpc) is 2.46. The van der Waals surface area contributed by atoms with Crippen LogP contribution < -0.4 is 5.32 Å². The molecule has 0 bridgehead atoms. The maximum atomic E-state index is 13.5. The normalized spacial score (nSPS) is 25.2. The number of rotatable bonds is 1. The predicted molar refractivity (Wildman–Crippen MR) is 54.5 cm³/mol. The lowest BCUT2D eigenvalue weighted by Crippen LogP contribution is -2.26. The van der Waals surface area contributed by atoms with Crippen molar-refractivity contribution in [2.75, 3.05) is 7.05 Å². The van der Waals surface area contributed by atoms with Crippen LogP contribution in [0.25, 0.3) is 0 Å². The van der Waals surface area contributed by atoms with Gasteiger partial charge >= 0.3 is 0 Å². The Morgan fingerprint density at radius 1 is 1.38 bits per heavy atom. The Bertz CT molecular complexity index is 436. The van der Waals surface area contributed by atoms with Crippen LogP contribution in [0.5, 0.6) is 0 Å². The van der Waals surface area contributed by atoms with E-state index in [4.69, 9.17) is 0 Å². The quantitative estimate of drug-likeness (QED) is 0.785. The molecule has 1 aromatic rings. The van der Waals surface area contributed by atoms with Crippen molar-refractivity contribution >= 4 is 5.91 Å². The minimum absolute atomic E-state index is 0.103. The van der Waals surface area contributed by atoms with Crippen molar-refractivity contribution in [3.63, 3.8) is 0 Å². The first kappa shape index (κ1) is 11.0. The standard InChI is InChI=1S/C11H12F2N2O/c1-6-11(16)15(2)10(14-6)8-4-3-7(12)5-9(8)13/h3-6,10,14H,1-2H3. The number of nitrogens with zero attached hydrogens (tertiary/aromatic N) is 1. The number of hydrogen-bond donors (Lipinski definition) is 1. The third-order valence-electron chi connectivity index (χ3n) is 2.77. The molecule has 1 aliphatic rings. The Hall–Kier alpha value is -1.49. The second-order valence-corrected chi connectivity index (χ2v) is 3.91. The molecule has 86 valence electrons. The molecule has 1 heterocycles. The van der Waals surface area contributed by atoms with E-state index >= 15 is 0 Å². The van der Waals surface area contributed by atoms with Gasteiger partial charge in [0.2, 0.25) is 5.91 Å². The predicted octanol–water partition coefficient (Wildman–Crippen LogP) is 1.41. The van der Waals surface area contributed by atoms with Gasteiger partial charge < -0.3 is 4.90 Å². The SMILES string of the molecule is CC1NC(c2ccc(F)cc2F)N(C)C1=O. The zero-order valence-corrected chi connectivity index (χ0v) is 9.00. The molecule has 16 heavy (non-hydrogen) atoms. The lowest BCUT2D eigenvalue weighted by molar-refractivity contribution is -0.128. The summed E-state index contributed by atoms with van der Waals surface area (Å²) in [7, 11) is 1.59. The highest BCUT2D eigenvalue weighted by atomic mass is 19.1. The van der Waals surface area contributed by atoms with Gasteiger partial charge in [0.15, 0.2) is 0 Å². The Morgan fingerprint density at radius 2 is 2.06 bits per heavy atom. The lowest BCUT2D eigenvalue weighted by Gasteiger charge is -2.20. The first-order valence-electron chi connectivity index (χ1n) is 4.98. The Morgan fingerprint density at radius 3 is 2.56 bits per heavy atom. The summed E-state index contributed by atoms with van der Waals surface area (Å²) in [4.78, 5) is 13.0. The van der Waals surface area contributed by atoms with Crippen LogP contribution in [0.4, 0.5) is 8.78 Å². The summed E-state index contributed by atoms with van der Waals surface area (Å²) in [6.07, 6.45) is -0.525. The largest absolute Gasteiger partial charge is 0.325 e. The van der Waals surface area contributed by atoms with Crippen LogP contribution in [0, 0.1) is 11.6 Å². The Kier molecular flexibility index (Phi) is 2.63. The van der Waals surface area contributed by atoms with Crippen LogP contribution >= 0.6 is 0 Å². The van der Waals surface area contributed by atoms with Gasteiger partial charge in [-0.1, -0.05) is 0 Å². The molecule has 5 heteroatoms. The third kappa shape index (κ3) is 1.67. The van der Waals surface area contributed by atoms with Gasteiger partial charge in [-0.05, 0) is 19.1 Å². The van der Waals surface area contributed by atoms with Crippen LogP contribution in [-0.4, -0.2) is 23.9 Å². The van der Waals surface area contributed by atoms with Crippen LogP contribution in [0.3, 0.4) is 0 Å². The van der Waals surface area contributed by atoms with Crippen molar-refractivity contribution < 1.29 is 13.6 Å². The first-order valence-corrected chi connectivity index (χ1v) is 4.98. The van der Waals surface area contributed by atoms with Gasteiger partial charge in [0, 0.05) is 18.7 Å². The summed E-state index contributed by atoms with van der Waals surface area (Å²) in [5.41, 5.74) is 0.279. The molecule has 0 aromatic heterocycles. The molecule has 1 N–H and O–H groups in total. The molecular formula is C11H12F2N2O. The number of carbonyl (C=O) groups is 1. The second-order valence-electron chi connectivity index (χ2n) is 3.91. The zero-order valence-electron chi connectivity index (χ0n) is 9.00. The maximum absolute atomic E-state index is 13.5. The van der Waals surface area contributed by atoms with Crippen molar-refractivity contribution in [3.05, 3.63) is 35.4 Å². The highest BCUT2D eigenvalue weighted by molar-refractivity contribution is 5.83. The van der Waals surface area contributed by atoms with E-state index in [1.807, 2.05) is 0 Å². The van der Waals surface area contributed by atoms with E-state index in [0.717, 1.165) is 6.07 Å². The van der Waals surface area contributed by atoms with Gasteiger partial charge in [-0.3, -0.25) is 10.1 Å². The molecule has 1 fully saturated rings. The van der Waals surface area contributed by atoms with E-state index in [1.54, 1.807) is 14.0 Å². The summed E-state index contributed by atoms with van der Waals surface area (Å²) in [5, 5.41) is 2.94. The van der Waals surface area contributed by atoms with E-state index < -0.39 is 17.8 Å². The topological polar surface area (TPSA) is 32.3 Å². The number of nitrogens with one attached hydrogen (secondary N) is 1. The molecular weight excluding hydrogens is 214 g/mol. The first-order chi connectivity index (χ1) is 7.50. The molecule has 1 aromatic carbocycles. The molecule has 2 unspecified atom stereocenters. The molecule has 0 aliphatic carbocycles. The zero-order chi connectivity index (χ0) is 11.9. The molecule has 0 radical (unpaired) electrons. The summed E-state index contributed by atoms with van der Waals surface area (Å²) < 4.78 is 26.3. The molecule has 0 spiro atoms. The molecule has 2 rings (SSSR count). The fourth-order valence-electron chi connectivity index (χ4n) is 1.87. The highest BCUT2D eigenvalue weighted by Gasteiger charge is 2.35. The number of hydrogen-bond acceptors (Lipinski definition) is 2. The fraction of sp³-hybridized carbons (Fsp3) is 0.364. The fourth-order valence-corrected chi connectivity index (χ4v) is 1.87. The molecule has 0 saturated carbocycles. The Labute approximate surface area is 92.1 Å². The molecule has 1 saturated heterocycles. The minimum Gasteiger partial charge on any atom is -0.325 e. The van der Waals surface area contributed by atoms with Gasteiger partial charge in [-0.25, -0.2) is 8.78 Å². The van der Waals surface area contributed by atoms with Crippen LogP contribution in [0.1, 0.15) is 18.7 Å². The van der Waals surface area contributed by atoms with Gasteiger partial charge in [0.25, 0.3) is 0 Å². The maximum Gasteiger partial charge on any atom is 0.240 e. The number of halogens is 2. The molecule has 3 nitrogen and oxygen atoms in total. The van der Waals surface area contributed by atoms with Crippen LogP contribution in [0.15, 0.2) is 18.2 Å². The molecule has 1 aliphatic heterocycles. The highest BCUT2D eigenvalue weighted by Crippen LogP contribution is 2.25. The van der Waals surface area contributed by atoms with E-state index in [-0.39, 0.29) is 17.5 Å². The Balaban J connectivity index is 2.35. The van der Waals surface area contributed by atoms with Gasteiger partial charge in [-0.2, -0.15) is 0 Å². The third-order valence-corrected chi connectivity index (χ3v) is 2.77. The van der Waals surface area contributed by atoms with Crippen molar-refractivity contribution in [1.82, 2.24) is 10.2 Å². The molecule has 2 atom stereocenters. The summed E-state index contributed by atoms with van der Waals surface area (Å²) in [6.45, 7) is 1.71. The average molecular weight is 226 g/mol. The van der Waals surface area contributed by atoms with Gasteiger partial charge in [0.05, 0.1) is 6.04 Å². The lowest BCUT2D eigenvalue weighted by atomic mass is 10.1. The van der Waals surface area contributed by atoms with Crippen LogP contribution in [0.2, 0.25) is 0 Å². The molecule has 1 amide bonds. The summed E-state index contributed by atoms with van der Waals surface area (Å²) >= 11 is 0. The number of benzene rings is 1. The van der Waals surface area contributed by atoms with E-state index in [0.29, 0.717) is 0 Å². The van der Waals surface area contributed by atoms with Crippen molar-refractivity contribution in [1.29, 1.82) is 0 Å². The summed E-state index contributed by atoms with van der Waals surface area (Å²) in [6, 6.07) is 3.00. The minimum atomic E-state index is -0.647. The van der Waals surface area contributed by atoms with Gasteiger partial charge in [0.1, 0.15) is 17.8 Å².